The standard InChI is InChI=1S/C12H10O3/c1-3-8-6-9-4-5-10(14-2)7-11(9)15-12(8)13/h3-7H,1H2,2H3. The lowest BCUT2D eigenvalue weighted by Gasteiger charge is -2.01. The number of benzene rings is 1. The van der Waals surface area contributed by atoms with Crippen LogP contribution in [0.15, 0.2) is 40.1 Å². The van der Waals surface area contributed by atoms with Gasteiger partial charge in [0.1, 0.15) is 11.3 Å². The Morgan fingerprint density at radius 1 is 1.40 bits per heavy atom. The summed E-state index contributed by atoms with van der Waals surface area (Å²) in [4.78, 5) is 11.4. The number of rotatable bonds is 2. The molecule has 0 N–H and O–H groups in total. The first-order valence-electron chi connectivity index (χ1n) is 4.49. The van der Waals surface area contributed by atoms with Crippen LogP contribution in [0.2, 0.25) is 0 Å². The Kier molecular flexibility index (Phi) is 2.29. The van der Waals surface area contributed by atoms with Crippen molar-refractivity contribution in [2.75, 3.05) is 7.11 Å². The average molecular weight is 202 g/mol. The van der Waals surface area contributed by atoms with Gasteiger partial charge in [-0.25, -0.2) is 4.79 Å². The van der Waals surface area contributed by atoms with Crippen molar-refractivity contribution < 1.29 is 9.15 Å². The van der Waals surface area contributed by atoms with Crippen LogP contribution in [0.4, 0.5) is 0 Å². The molecule has 0 bridgehead atoms. The molecule has 1 heterocycles. The van der Waals surface area contributed by atoms with E-state index in [0.29, 0.717) is 16.9 Å². The van der Waals surface area contributed by atoms with Crippen LogP contribution in [-0.4, -0.2) is 7.11 Å². The zero-order chi connectivity index (χ0) is 10.8. The van der Waals surface area contributed by atoms with Gasteiger partial charge in [-0.1, -0.05) is 12.7 Å². The first-order chi connectivity index (χ1) is 7.24. The Balaban J connectivity index is 2.75. The maximum atomic E-state index is 11.4. The molecule has 0 atom stereocenters. The second-order valence-corrected chi connectivity index (χ2v) is 3.10. The van der Waals surface area contributed by atoms with E-state index in [1.54, 1.807) is 19.2 Å². The Labute approximate surface area is 86.6 Å². The zero-order valence-corrected chi connectivity index (χ0v) is 8.32. The molecule has 0 amide bonds. The van der Waals surface area contributed by atoms with E-state index in [0.717, 1.165) is 5.39 Å². The fourth-order valence-electron chi connectivity index (χ4n) is 1.38. The molecule has 0 aliphatic rings. The van der Waals surface area contributed by atoms with E-state index in [2.05, 4.69) is 6.58 Å². The Hall–Kier alpha value is -2.03. The molecule has 1 aromatic carbocycles. The number of hydrogen-bond donors (Lipinski definition) is 0. The first kappa shape index (κ1) is 9.52. The summed E-state index contributed by atoms with van der Waals surface area (Å²) in [6.07, 6.45) is 1.48. The normalized spacial score (nSPS) is 10.2. The van der Waals surface area contributed by atoms with Crippen molar-refractivity contribution in [3.8, 4) is 5.75 Å². The van der Waals surface area contributed by atoms with Crippen molar-refractivity contribution >= 4 is 17.0 Å². The van der Waals surface area contributed by atoms with Crippen LogP contribution >= 0.6 is 0 Å². The van der Waals surface area contributed by atoms with E-state index >= 15 is 0 Å². The monoisotopic (exact) mass is 202 g/mol. The third-order valence-electron chi connectivity index (χ3n) is 2.19. The van der Waals surface area contributed by atoms with Gasteiger partial charge in [0.25, 0.3) is 0 Å². The molecule has 76 valence electrons. The number of hydrogen-bond acceptors (Lipinski definition) is 3. The molecule has 3 nitrogen and oxygen atoms in total. The zero-order valence-electron chi connectivity index (χ0n) is 8.32. The van der Waals surface area contributed by atoms with Crippen molar-refractivity contribution in [3.63, 3.8) is 0 Å². The molecule has 0 saturated heterocycles. The molecule has 0 aliphatic carbocycles. The topological polar surface area (TPSA) is 39.4 Å². The summed E-state index contributed by atoms with van der Waals surface area (Å²) in [7, 11) is 1.57. The molecule has 0 unspecified atom stereocenters. The van der Waals surface area contributed by atoms with Crippen molar-refractivity contribution in [1.82, 2.24) is 0 Å². The predicted molar refractivity (Wildman–Crippen MR) is 59.1 cm³/mol. The summed E-state index contributed by atoms with van der Waals surface area (Å²) in [6.45, 7) is 3.55. The highest BCUT2D eigenvalue weighted by molar-refractivity contribution is 5.79. The van der Waals surface area contributed by atoms with Gasteiger partial charge in [-0.05, 0) is 18.2 Å². The van der Waals surface area contributed by atoms with Gasteiger partial charge in [0.05, 0.1) is 12.7 Å². The highest BCUT2D eigenvalue weighted by Gasteiger charge is 2.03. The first-order valence-corrected chi connectivity index (χ1v) is 4.49. The molecule has 0 fully saturated rings. The number of fused-ring (bicyclic) bond motifs is 1. The van der Waals surface area contributed by atoms with Crippen LogP contribution in [0.25, 0.3) is 17.0 Å². The van der Waals surface area contributed by atoms with Crippen LogP contribution in [-0.2, 0) is 0 Å². The van der Waals surface area contributed by atoms with Crippen LogP contribution in [0.5, 0.6) is 5.75 Å². The van der Waals surface area contributed by atoms with Gasteiger partial charge >= 0.3 is 5.63 Å². The lowest BCUT2D eigenvalue weighted by Crippen LogP contribution is -2.01. The third kappa shape index (κ3) is 1.64. The highest BCUT2D eigenvalue weighted by atomic mass is 16.5. The second kappa shape index (κ2) is 3.61. The smallest absolute Gasteiger partial charge is 0.343 e. The fourth-order valence-corrected chi connectivity index (χ4v) is 1.38. The molecule has 2 rings (SSSR count). The van der Waals surface area contributed by atoms with Crippen LogP contribution < -0.4 is 10.4 Å². The fraction of sp³-hybridized carbons (Fsp3) is 0.0833. The van der Waals surface area contributed by atoms with Crippen LogP contribution in [0, 0.1) is 0 Å². The second-order valence-electron chi connectivity index (χ2n) is 3.10. The Morgan fingerprint density at radius 2 is 2.20 bits per heavy atom. The minimum Gasteiger partial charge on any atom is -0.497 e. The SMILES string of the molecule is C=Cc1cc2ccc(OC)cc2oc1=O. The van der Waals surface area contributed by atoms with Crippen LogP contribution in [0.1, 0.15) is 5.56 Å². The molecular formula is C12H10O3. The summed E-state index contributed by atoms with van der Waals surface area (Å²) in [6, 6.07) is 7.08. The predicted octanol–water partition coefficient (Wildman–Crippen LogP) is 2.44. The largest absolute Gasteiger partial charge is 0.497 e. The number of ether oxygens (including phenoxy) is 1. The molecule has 15 heavy (non-hydrogen) atoms. The van der Waals surface area contributed by atoms with Crippen molar-refractivity contribution in [2.45, 2.75) is 0 Å². The lowest BCUT2D eigenvalue weighted by atomic mass is 10.2. The van der Waals surface area contributed by atoms with Gasteiger partial charge in [-0.15, -0.1) is 0 Å². The van der Waals surface area contributed by atoms with Gasteiger partial charge in [-0.2, -0.15) is 0 Å². The Bertz CT molecular complexity index is 567. The molecule has 3 heteroatoms. The summed E-state index contributed by atoms with van der Waals surface area (Å²) in [5.74, 6) is 0.664. The third-order valence-corrected chi connectivity index (χ3v) is 2.19. The summed E-state index contributed by atoms with van der Waals surface area (Å²) in [5, 5.41) is 0.852. The molecule has 0 radical (unpaired) electrons. The maximum absolute atomic E-state index is 11.4. The molecule has 0 saturated carbocycles. The molecule has 0 aliphatic heterocycles. The Morgan fingerprint density at radius 3 is 2.87 bits per heavy atom. The van der Waals surface area contributed by atoms with Gasteiger partial charge < -0.3 is 9.15 Å². The molecule has 2 aromatic rings. The van der Waals surface area contributed by atoms with Gasteiger partial charge in [0.2, 0.25) is 0 Å². The van der Waals surface area contributed by atoms with Crippen LogP contribution in [0.3, 0.4) is 0 Å². The summed E-state index contributed by atoms with van der Waals surface area (Å²) < 4.78 is 10.2. The van der Waals surface area contributed by atoms with E-state index in [1.807, 2.05) is 12.1 Å². The van der Waals surface area contributed by atoms with Gasteiger partial charge in [0, 0.05) is 11.5 Å². The highest BCUT2D eigenvalue weighted by Crippen LogP contribution is 2.20. The summed E-state index contributed by atoms with van der Waals surface area (Å²) in [5.41, 5.74) is 0.600. The van der Waals surface area contributed by atoms with Gasteiger partial charge in [-0.3, -0.25) is 0 Å². The molecule has 0 spiro atoms. The summed E-state index contributed by atoms with van der Waals surface area (Å²) >= 11 is 0. The van der Waals surface area contributed by atoms with E-state index < -0.39 is 0 Å². The van der Waals surface area contributed by atoms with Crippen molar-refractivity contribution in [3.05, 3.63) is 46.8 Å². The van der Waals surface area contributed by atoms with Crippen molar-refractivity contribution in [1.29, 1.82) is 0 Å². The average Bonchev–Trinajstić information content (AvgIpc) is 2.27. The van der Waals surface area contributed by atoms with Gasteiger partial charge in [0.15, 0.2) is 0 Å². The maximum Gasteiger partial charge on any atom is 0.343 e. The lowest BCUT2D eigenvalue weighted by molar-refractivity contribution is 0.414. The molecule has 1 aromatic heterocycles. The van der Waals surface area contributed by atoms with E-state index in [4.69, 9.17) is 9.15 Å². The quantitative estimate of drug-likeness (QED) is 0.702. The van der Waals surface area contributed by atoms with E-state index in [1.165, 1.54) is 6.08 Å². The van der Waals surface area contributed by atoms with Crippen molar-refractivity contribution in [2.24, 2.45) is 0 Å². The van der Waals surface area contributed by atoms with E-state index in [-0.39, 0.29) is 5.63 Å². The van der Waals surface area contributed by atoms with E-state index in [9.17, 15) is 4.79 Å². The number of methoxy groups -OCH3 is 1. The molecular weight excluding hydrogens is 192 g/mol. The minimum atomic E-state index is -0.384. The minimum absolute atomic E-state index is 0.384.